The smallest absolute Gasteiger partial charge is 0.313 e. The lowest BCUT2D eigenvalue weighted by atomic mass is 9.74. The summed E-state index contributed by atoms with van der Waals surface area (Å²) in [6.07, 6.45) is 0.817. The molecule has 2 rings (SSSR count). The van der Waals surface area contributed by atoms with Gasteiger partial charge in [-0.2, -0.15) is 0 Å². The lowest BCUT2D eigenvalue weighted by Crippen LogP contribution is -2.55. The highest BCUT2D eigenvalue weighted by atomic mass is 19.1. The van der Waals surface area contributed by atoms with Crippen molar-refractivity contribution in [2.24, 2.45) is 5.41 Å². The van der Waals surface area contributed by atoms with Gasteiger partial charge in [-0.05, 0) is 43.0 Å². The van der Waals surface area contributed by atoms with Gasteiger partial charge < -0.3 is 10.2 Å². The quantitative estimate of drug-likeness (QED) is 0.877. The van der Waals surface area contributed by atoms with Crippen molar-refractivity contribution in [2.45, 2.75) is 45.8 Å². The number of carbonyl (C=O) groups is 1. The van der Waals surface area contributed by atoms with Gasteiger partial charge in [-0.1, -0.05) is 19.4 Å². The zero-order chi connectivity index (χ0) is 16.3. The van der Waals surface area contributed by atoms with Crippen molar-refractivity contribution in [1.29, 1.82) is 0 Å². The van der Waals surface area contributed by atoms with Crippen LogP contribution in [0, 0.1) is 18.2 Å². The largest absolute Gasteiger partial charge is 0.481 e. The third-order valence-electron chi connectivity index (χ3n) is 4.68. The Hall–Kier alpha value is -1.46. The van der Waals surface area contributed by atoms with Gasteiger partial charge in [0.25, 0.3) is 0 Å². The standard InChI is InChI=1S/C17H24FNO3/c1-3-7-17(16(21)22)11-19(8-6-15(17)20)10-13-4-5-14(18)9-12(13)2/h4-5,9,15,20H,3,6-8,10-11H2,1-2H3,(H,21,22)/t15-,17+/m0/s1. The van der Waals surface area contributed by atoms with Gasteiger partial charge in [0, 0.05) is 19.6 Å². The van der Waals surface area contributed by atoms with Crippen LogP contribution in [0.25, 0.3) is 0 Å². The maximum atomic E-state index is 13.2. The number of hydrogen-bond donors (Lipinski definition) is 2. The second kappa shape index (κ2) is 6.75. The minimum Gasteiger partial charge on any atom is -0.481 e. The van der Waals surface area contributed by atoms with E-state index in [0.29, 0.717) is 38.9 Å². The van der Waals surface area contributed by atoms with E-state index in [2.05, 4.69) is 4.90 Å². The third kappa shape index (κ3) is 3.31. The highest BCUT2D eigenvalue weighted by Gasteiger charge is 2.48. The zero-order valence-corrected chi connectivity index (χ0v) is 13.2. The van der Waals surface area contributed by atoms with Crippen LogP contribution in [0.3, 0.4) is 0 Å². The fourth-order valence-electron chi connectivity index (χ4n) is 3.39. The Balaban J connectivity index is 2.17. The zero-order valence-electron chi connectivity index (χ0n) is 13.2. The molecule has 0 bridgehead atoms. The molecule has 1 fully saturated rings. The molecule has 0 unspecified atom stereocenters. The summed E-state index contributed by atoms with van der Waals surface area (Å²) in [5.41, 5.74) is 0.761. The number of aryl methyl sites for hydroxylation is 1. The summed E-state index contributed by atoms with van der Waals surface area (Å²) in [6.45, 7) is 5.34. The second-order valence-corrected chi connectivity index (χ2v) is 6.30. The van der Waals surface area contributed by atoms with E-state index >= 15 is 0 Å². The average molecular weight is 309 g/mol. The molecule has 1 aliphatic rings. The van der Waals surface area contributed by atoms with Crippen molar-refractivity contribution < 1.29 is 19.4 Å². The SMILES string of the molecule is CCC[C@@]1(C(=O)O)CN(Cc2ccc(F)cc2C)CC[C@@H]1O. The van der Waals surface area contributed by atoms with Gasteiger partial charge in [0.15, 0.2) is 0 Å². The van der Waals surface area contributed by atoms with E-state index in [1.807, 2.05) is 13.8 Å². The Morgan fingerprint density at radius 2 is 2.23 bits per heavy atom. The van der Waals surface area contributed by atoms with Crippen LogP contribution >= 0.6 is 0 Å². The van der Waals surface area contributed by atoms with Gasteiger partial charge in [0.1, 0.15) is 11.2 Å². The van der Waals surface area contributed by atoms with Crippen molar-refractivity contribution in [3.63, 3.8) is 0 Å². The van der Waals surface area contributed by atoms with E-state index in [9.17, 15) is 19.4 Å². The molecule has 1 saturated heterocycles. The molecule has 22 heavy (non-hydrogen) atoms. The minimum atomic E-state index is -1.10. The summed E-state index contributed by atoms with van der Waals surface area (Å²) in [7, 11) is 0. The number of benzene rings is 1. The molecule has 0 aliphatic carbocycles. The highest BCUT2D eigenvalue weighted by molar-refractivity contribution is 5.76. The van der Waals surface area contributed by atoms with Crippen LogP contribution in [0.2, 0.25) is 0 Å². The molecule has 0 spiro atoms. The van der Waals surface area contributed by atoms with Crippen LogP contribution < -0.4 is 0 Å². The molecule has 1 aromatic rings. The van der Waals surface area contributed by atoms with Crippen LogP contribution in [0.15, 0.2) is 18.2 Å². The molecule has 1 heterocycles. The Labute approximate surface area is 130 Å². The van der Waals surface area contributed by atoms with Crippen LogP contribution in [-0.4, -0.2) is 40.3 Å². The summed E-state index contributed by atoms with van der Waals surface area (Å²) in [6, 6.07) is 4.67. The van der Waals surface area contributed by atoms with Crippen LogP contribution in [-0.2, 0) is 11.3 Å². The average Bonchev–Trinajstić information content (AvgIpc) is 2.45. The van der Waals surface area contributed by atoms with Gasteiger partial charge in [0.05, 0.1) is 6.10 Å². The van der Waals surface area contributed by atoms with Crippen molar-refractivity contribution in [3.05, 3.63) is 35.1 Å². The molecule has 0 aromatic heterocycles. The molecule has 1 aromatic carbocycles. The van der Waals surface area contributed by atoms with Crippen molar-refractivity contribution in [3.8, 4) is 0 Å². The molecular formula is C17H24FNO3. The predicted molar refractivity (Wildman–Crippen MR) is 82.0 cm³/mol. The number of aliphatic carboxylic acids is 1. The minimum absolute atomic E-state index is 0.263. The fourth-order valence-corrected chi connectivity index (χ4v) is 3.39. The molecule has 0 radical (unpaired) electrons. The number of hydrogen-bond acceptors (Lipinski definition) is 3. The van der Waals surface area contributed by atoms with Crippen molar-refractivity contribution in [1.82, 2.24) is 4.90 Å². The summed E-state index contributed by atoms with van der Waals surface area (Å²) in [5, 5.41) is 19.9. The first-order chi connectivity index (χ1) is 10.4. The Kier molecular flexibility index (Phi) is 5.19. The number of nitrogens with zero attached hydrogens (tertiary/aromatic N) is 1. The van der Waals surface area contributed by atoms with E-state index in [1.165, 1.54) is 12.1 Å². The number of aliphatic hydroxyl groups excluding tert-OH is 1. The maximum Gasteiger partial charge on any atom is 0.313 e. The molecular weight excluding hydrogens is 285 g/mol. The van der Waals surface area contributed by atoms with E-state index < -0.39 is 17.5 Å². The summed E-state index contributed by atoms with van der Waals surface area (Å²) < 4.78 is 13.2. The Morgan fingerprint density at radius 3 is 2.82 bits per heavy atom. The first kappa shape index (κ1) is 16.9. The fraction of sp³-hybridized carbons (Fsp3) is 0.588. The van der Waals surface area contributed by atoms with E-state index in [1.54, 1.807) is 6.07 Å². The maximum absolute atomic E-state index is 13.2. The second-order valence-electron chi connectivity index (χ2n) is 6.30. The highest BCUT2D eigenvalue weighted by Crippen LogP contribution is 2.36. The molecule has 1 aliphatic heterocycles. The van der Waals surface area contributed by atoms with Crippen molar-refractivity contribution >= 4 is 5.97 Å². The van der Waals surface area contributed by atoms with Crippen LogP contribution in [0.1, 0.15) is 37.3 Å². The van der Waals surface area contributed by atoms with Gasteiger partial charge in [-0.15, -0.1) is 0 Å². The molecule has 2 N–H and O–H groups in total. The molecule has 122 valence electrons. The van der Waals surface area contributed by atoms with Gasteiger partial charge in [-0.25, -0.2) is 4.39 Å². The predicted octanol–water partition coefficient (Wildman–Crippen LogP) is 2.57. The lowest BCUT2D eigenvalue weighted by Gasteiger charge is -2.43. The molecule has 0 amide bonds. The van der Waals surface area contributed by atoms with Gasteiger partial charge in [0.2, 0.25) is 0 Å². The number of piperidine rings is 1. The Bertz CT molecular complexity index is 549. The van der Waals surface area contributed by atoms with Gasteiger partial charge in [-0.3, -0.25) is 9.69 Å². The summed E-state index contributed by atoms with van der Waals surface area (Å²) in [5.74, 6) is -1.19. The number of rotatable bonds is 5. The first-order valence-corrected chi connectivity index (χ1v) is 7.78. The van der Waals surface area contributed by atoms with Crippen LogP contribution in [0.4, 0.5) is 4.39 Å². The van der Waals surface area contributed by atoms with E-state index in [4.69, 9.17) is 0 Å². The van der Waals surface area contributed by atoms with E-state index in [0.717, 1.165) is 11.1 Å². The topological polar surface area (TPSA) is 60.8 Å². The summed E-state index contributed by atoms with van der Waals surface area (Å²) in [4.78, 5) is 13.8. The first-order valence-electron chi connectivity index (χ1n) is 7.78. The summed E-state index contributed by atoms with van der Waals surface area (Å²) >= 11 is 0. The number of carboxylic acid groups (broad SMARTS) is 1. The molecule has 4 nitrogen and oxygen atoms in total. The Morgan fingerprint density at radius 1 is 1.50 bits per heavy atom. The number of likely N-dealkylation sites (tertiary alicyclic amines) is 1. The normalized spacial score (nSPS) is 26.1. The number of aliphatic hydroxyl groups is 1. The number of carboxylic acids is 1. The van der Waals surface area contributed by atoms with Gasteiger partial charge >= 0.3 is 5.97 Å². The third-order valence-corrected chi connectivity index (χ3v) is 4.68. The number of halogens is 1. The van der Waals surface area contributed by atoms with Crippen LogP contribution in [0.5, 0.6) is 0 Å². The molecule has 2 atom stereocenters. The molecule has 5 heteroatoms. The molecule has 0 saturated carbocycles. The van der Waals surface area contributed by atoms with Crippen molar-refractivity contribution in [2.75, 3.05) is 13.1 Å². The van der Waals surface area contributed by atoms with E-state index in [-0.39, 0.29) is 5.82 Å². The monoisotopic (exact) mass is 309 g/mol. The lowest BCUT2D eigenvalue weighted by molar-refractivity contribution is -0.164.